The molecule has 0 bridgehead atoms. The quantitative estimate of drug-likeness (QED) is 0.751. The lowest BCUT2D eigenvalue weighted by atomic mass is 10.0. The molecule has 25 heavy (non-hydrogen) atoms. The molecule has 7 heteroatoms. The van der Waals surface area contributed by atoms with Gasteiger partial charge in [0.15, 0.2) is 5.66 Å². The van der Waals surface area contributed by atoms with E-state index in [9.17, 15) is 4.79 Å². The van der Waals surface area contributed by atoms with Crippen LogP contribution >= 0.6 is 0 Å². The molecule has 1 amide bonds. The van der Waals surface area contributed by atoms with Crippen molar-refractivity contribution in [3.63, 3.8) is 0 Å². The summed E-state index contributed by atoms with van der Waals surface area (Å²) in [5.74, 6) is 3.26. The standard InChI is InChI=1S/C18H17N5O2/c1-2-3-9-18(22-23-18)10-11-19-17(24)15-12-21-16(13-20-15)25-14-7-5-4-6-8-14/h1,4-8,12-13H,3,9-11H2,(H,19,24). The maximum Gasteiger partial charge on any atom is 0.271 e. The average molecular weight is 335 g/mol. The molecule has 0 spiro atoms. The second kappa shape index (κ2) is 7.53. The lowest BCUT2D eigenvalue weighted by Gasteiger charge is -2.09. The van der Waals surface area contributed by atoms with Crippen molar-refractivity contribution >= 4 is 5.91 Å². The van der Waals surface area contributed by atoms with Crippen LogP contribution in [0.4, 0.5) is 0 Å². The Morgan fingerprint density at radius 2 is 1.96 bits per heavy atom. The van der Waals surface area contributed by atoms with E-state index in [0.29, 0.717) is 37.4 Å². The predicted molar refractivity (Wildman–Crippen MR) is 91.2 cm³/mol. The molecule has 1 aliphatic heterocycles. The number of terminal acetylenes is 1. The first-order valence-electron chi connectivity index (χ1n) is 7.91. The van der Waals surface area contributed by atoms with Gasteiger partial charge in [0.25, 0.3) is 5.91 Å². The maximum absolute atomic E-state index is 12.1. The van der Waals surface area contributed by atoms with Gasteiger partial charge < -0.3 is 10.1 Å². The number of benzene rings is 1. The Morgan fingerprint density at radius 1 is 1.16 bits per heavy atom. The summed E-state index contributed by atoms with van der Waals surface area (Å²) in [6, 6.07) is 9.24. The Kier molecular flexibility index (Phi) is 5.00. The Bertz CT molecular complexity index is 790. The molecule has 0 saturated carbocycles. The van der Waals surface area contributed by atoms with Crippen LogP contribution in [0.1, 0.15) is 29.8 Å². The molecule has 2 heterocycles. The number of nitrogens with zero attached hydrogens (tertiary/aromatic N) is 4. The van der Waals surface area contributed by atoms with Gasteiger partial charge in [-0.2, -0.15) is 10.2 Å². The fraction of sp³-hybridized carbons (Fsp3) is 0.278. The van der Waals surface area contributed by atoms with E-state index in [2.05, 4.69) is 31.4 Å². The Hall–Kier alpha value is -3.27. The van der Waals surface area contributed by atoms with Crippen LogP contribution in [-0.4, -0.2) is 28.1 Å². The van der Waals surface area contributed by atoms with Crippen LogP contribution in [0.5, 0.6) is 11.6 Å². The minimum atomic E-state index is -0.404. The van der Waals surface area contributed by atoms with E-state index in [0.717, 1.165) is 0 Å². The zero-order chi connectivity index (χ0) is 17.5. The van der Waals surface area contributed by atoms with Gasteiger partial charge in [0, 0.05) is 25.8 Å². The topological polar surface area (TPSA) is 88.8 Å². The number of carbonyl (C=O) groups is 1. The van der Waals surface area contributed by atoms with Crippen molar-refractivity contribution in [1.82, 2.24) is 15.3 Å². The molecule has 0 atom stereocenters. The molecular formula is C18H17N5O2. The molecule has 3 rings (SSSR count). The van der Waals surface area contributed by atoms with Crippen LogP contribution in [0.3, 0.4) is 0 Å². The first-order valence-corrected chi connectivity index (χ1v) is 7.91. The summed E-state index contributed by atoms with van der Waals surface area (Å²) in [7, 11) is 0. The Balaban J connectivity index is 1.47. The average Bonchev–Trinajstić information content (AvgIpc) is 3.41. The summed E-state index contributed by atoms with van der Waals surface area (Å²) in [5.41, 5.74) is -0.179. The fourth-order valence-electron chi connectivity index (χ4n) is 2.23. The van der Waals surface area contributed by atoms with Crippen molar-refractivity contribution in [3.05, 3.63) is 48.4 Å². The van der Waals surface area contributed by atoms with Crippen LogP contribution in [0.2, 0.25) is 0 Å². The number of carbonyl (C=O) groups excluding carboxylic acids is 1. The second-order valence-corrected chi connectivity index (χ2v) is 5.55. The summed E-state index contributed by atoms with van der Waals surface area (Å²) in [6.45, 7) is 0.445. The summed E-state index contributed by atoms with van der Waals surface area (Å²) in [4.78, 5) is 20.3. The number of hydrogen-bond acceptors (Lipinski definition) is 6. The molecule has 1 aromatic heterocycles. The SMILES string of the molecule is C#CCCC1(CCNC(=O)c2cnc(Oc3ccccc3)cn2)N=N1. The molecule has 1 N–H and O–H groups in total. The van der Waals surface area contributed by atoms with Crippen LogP contribution < -0.4 is 10.1 Å². The third-order valence-corrected chi connectivity index (χ3v) is 3.69. The summed E-state index contributed by atoms with van der Waals surface area (Å²) < 4.78 is 5.54. The van der Waals surface area contributed by atoms with Gasteiger partial charge in [-0.3, -0.25) is 4.79 Å². The number of amides is 1. The van der Waals surface area contributed by atoms with Crippen LogP contribution in [0, 0.1) is 12.3 Å². The zero-order valence-electron chi connectivity index (χ0n) is 13.6. The lowest BCUT2D eigenvalue weighted by molar-refractivity contribution is 0.0946. The third kappa shape index (κ3) is 4.61. The molecular weight excluding hydrogens is 318 g/mol. The van der Waals surface area contributed by atoms with E-state index in [-0.39, 0.29) is 11.6 Å². The molecule has 7 nitrogen and oxygen atoms in total. The van der Waals surface area contributed by atoms with Gasteiger partial charge in [-0.25, -0.2) is 9.97 Å². The highest BCUT2D eigenvalue weighted by molar-refractivity contribution is 5.91. The minimum Gasteiger partial charge on any atom is -0.438 e. The van der Waals surface area contributed by atoms with E-state index < -0.39 is 5.66 Å². The van der Waals surface area contributed by atoms with Gasteiger partial charge in [-0.05, 0) is 12.1 Å². The molecule has 126 valence electrons. The number of nitrogens with one attached hydrogen (secondary N) is 1. The van der Waals surface area contributed by atoms with Gasteiger partial charge in [-0.1, -0.05) is 18.2 Å². The first kappa shape index (κ1) is 16.6. The summed E-state index contributed by atoms with van der Waals surface area (Å²) in [5, 5.41) is 10.8. The van der Waals surface area contributed by atoms with Crippen molar-refractivity contribution in [2.75, 3.05) is 6.54 Å². The highest BCUT2D eigenvalue weighted by atomic mass is 16.5. The molecule has 0 radical (unpaired) electrons. The number of rotatable bonds is 8. The van der Waals surface area contributed by atoms with Crippen LogP contribution in [0.25, 0.3) is 0 Å². The van der Waals surface area contributed by atoms with Gasteiger partial charge in [-0.15, -0.1) is 12.3 Å². The van der Waals surface area contributed by atoms with E-state index in [4.69, 9.17) is 11.2 Å². The number of para-hydroxylation sites is 1. The Morgan fingerprint density at radius 3 is 2.60 bits per heavy atom. The zero-order valence-corrected chi connectivity index (χ0v) is 13.6. The summed E-state index contributed by atoms with van der Waals surface area (Å²) >= 11 is 0. The Labute approximate surface area is 145 Å². The molecule has 2 aromatic rings. The van der Waals surface area contributed by atoms with Gasteiger partial charge in [0.1, 0.15) is 11.4 Å². The van der Waals surface area contributed by atoms with Crippen molar-refractivity contribution in [2.24, 2.45) is 10.2 Å². The van der Waals surface area contributed by atoms with E-state index in [1.54, 1.807) is 0 Å². The smallest absolute Gasteiger partial charge is 0.271 e. The third-order valence-electron chi connectivity index (χ3n) is 3.69. The van der Waals surface area contributed by atoms with Crippen LogP contribution in [-0.2, 0) is 0 Å². The van der Waals surface area contributed by atoms with Gasteiger partial charge in [0.2, 0.25) is 5.88 Å². The van der Waals surface area contributed by atoms with E-state index >= 15 is 0 Å². The molecule has 1 aromatic carbocycles. The number of ether oxygens (including phenoxy) is 1. The predicted octanol–water partition coefficient (Wildman–Crippen LogP) is 2.96. The molecule has 0 aliphatic carbocycles. The number of aromatic nitrogens is 2. The maximum atomic E-state index is 12.1. The molecule has 0 saturated heterocycles. The lowest BCUT2D eigenvalue weighted by Crippen LogP contribution is -2.29. The summed E-state index contributed by atoms with van der Waals surface area (Å²) in [6.07, 6.45) is 10.0. The first-order chi connectivity index (χ1) is 12.2. The van der Waals surface area contributed by atoms with E-state index in [1.807, 2.05) is 30.3 Å². The number of hydrogen-bond donors (Lipinski definition) is 1. The normalized spacial score (nSPS) is 13.7. The molecule has 1 aliphatic rings. The molecule has 0 unspecified atom stereocenters. The largest absolute Gasteiger partial charge is 0.438 e. The highest BCUT2D eigenvalue weighted by Crippen LogP contribution is 2.36. The van der Waals surface area contributed by atoms with Crippen LogP contribution in [0.15, 0.2) is 53.0 Å². The van der Waals surface area contributed by atoms with Crippen molar-refractivity contribution in [3.8, 4) is 24.0 Å². The fourth-order valence-corrected chi connectivity index (χ4v) is 2.23. The highest BCUT2D eigenvalue weighted by Gasteiger charge is 2.38. The molecule has 0 fully saturated rings. The minimum absolute atomic E-state index is 0.225. The monoisotopic (exact) mass is 335 g/mol. The van der Waals surface area contributed by atoms with Crippen molar-refractivity contribution in [2.45, 2.75) is 24.9 Å². The second-order valence-electron chi connectivity index (χ2n) is 5.55. The van der Waals surface area contributed by atoms with Gasteiger partial charge in [0.05, 0.1) is 12.4 Å². The van der Waals surface area contributed by atoms with Gasteiger partial charge >= 0.3 is 0 Å². The van der Waals surface area contributed by atoms with Crippen molar-refractivity contribution in [1.29, 1.82) is 0 Å². The van der Waals surface area contributed by atoms with E-state index in [1.165, 1.54) is 12.4 Å². The van der Waals surface area contributed by atoms with Crippen molar-refractivity contribution < 1.29 is 9.53 Å².